The minimum Gasteiger partial charge on any atom is -0.435 e. The number of nitrogens with one attached hydrogen (secondary N) is 1. The van der Waals surface area contributed by atoms with Crippen molar-refractivity contribution in [1.29, 1.82) is 0 Å². The first-order valence-corrected chi connectivity index (χ1v) is 8.60. The lowest BCUT2D eigenvalue weighted by molar-refractivity contribution is -0.0498. The van der Waals surface area contributed by atoms with Gasteiger partial charge in [-0.2, -0.15) is 8.78 Å². The number of hydrogen-bond acceptors (Lipinski definition) is 4. The Labute approximate surface area is 123 Å². The molecule has 1 aromatic rings. The first-order chi connectivity index (χ1) is 9.88. The fraction of sp³-hybridized carbons (Fsp3) is 0.571. The van der Waals surface area contributed by atoms with Crippen LogP contribution in [0.2, 0.25) is 0 Å². The Bertz CT molecular complexity index is 560. The Balaban J connectivity index is 1.90. The van der Waals surface area contributed by atoms with E-state index in [1.807, 2.05) is 6.92 Å². The van der Waals surface area contributed by atoms with Gasteiger partial charge in [-0.25, -0.2) is 8.42 Å². The third-order valence-electron chi connectivity index (χ3n) is 3.72. The predicted octanol–water partition coefficient (Wildman–Crippen LogP) is 2.52. The SMILES string of the molecule is CC(NCC1CCCS1(=O)=O)c1ccc(OC(F)F)cc1. The van der Waals surface area contributed by atoms with Gasteiger partial charge in [-0.1, -0.05) is 12.1 Å². The summed E-state index contributed by atoms with van der Waals surface area (Å²) in [5.41, 5.74) is 0.895. The van der Waals surface area contributed by atoms with Crippen LogP contribution in [0, 0.1) is 0 Å². The highest BCUT2D eigenvalue weighted by Crippen LogP contribution is 2.22. The molecule has 1 aliphatic heterocycles. The molecule has 0 radical (unpaired) electrons. The number of halogens is 2. The third kappa shape index (κ3) is 4.38. The lowest BCUT2D eigenvalue weighted by Gasteiger charge is -2.17. The van der Waals surface area contributed by atoms with Gasteiger partial charge in [-0.05, 0) is 37.5 Å². The van der Waals surface area contributed by atoms with E-state index in [1.165, 1.54) is 12.1 Å². The van der Waals surface area contributed by atoms with Crippen LogP contribution in [0.1, 0.15) is 31.4 Å². The van der Waals surface area contributed by atoms with Crippen LogP contribution in [-0.2, 0) is 9.84 Å². The summed E-state index contributed by atoms with van der Waals surface area (Å²) in [5.74, 6) is 0.382. The van der Waals surface area contributed by atoms with E-state index < -0.39 is 16.4 Å². The smallest absolute Gasteiger partial charge is 0.387 e. The van der Waals surface area contributed by atoms with E-state index in [0.29, 0.717) is 13.0 Å². The monoisotopic (exact) mass is 319 g/mol. The summed E-state index contributed by atoms with van der Waals surface area (Å²) in [4.78, 5) is 0. The topological polar surface area (TPSA) is 55.4 Å². The zero-order valence-electron chi connectivity index (χ0n) is 11.8. The minimum absolute atomic E-state index is 0.0543. The molecule has 0 aromatic heterocycles. The highest BCUT2D eigenvalue weighted by molar-refractivity contribution is 7.92. The summed E-state index contributed by atoms with van der Waals surface area (Å²) in [7, 11) is -2.95. The summed E-state index contributed by atoms with van der Waals surface area (Å²) in [6, 6.07) is 6.29. The Hall–Kier alpha value is -1.21. The summed E-state index contributed by atoms with van der Waals surface area (Å²) < 4.78 is 51.9. The molecule has 2 unspecified atom stereocenters. The van der Waals surface area contributed by atoms with Crippen molar-refractivity contribution in [2.75, 3.05) is 12.3 Å². The van der Waals surface area contributed by atoms with Gasteiger partial charge in [0.25, 0.3) is 0 Å². The largest absolute Gasteiger partial charge is 0.435 e. The van der Waals surface area contributed by atoms with E-state index in [0.717, 1.165) is 12.0 Å². The summed E-state index contributed by atoms with van der Waals surface area (Å²) in [6.07, 6.45) is 1.42. The van der Waals surface area contributed by atoms with E-state index in [2.05, 4.69) is 10.1 Å². The van der Waals surface area contributed by atoms with Gasteiger partial charge in [0, 0.05) is 12.6 Å². The molecular formula is C14H19F2NO3S. The number of benzene rings is 1. The second-order valence-electron chi connectivity index (χ2n) is 5.21. The number of rotatable bonds is 6. The van der Waals surface area contributed by atoms with Gasteiger partial charge >= 0.3 is 6.61 Å². The zero-order valence-corrected chi connectivity index (χ0v) is 12.6. The predicted molar refractivity (Wildman–Crippen MR) is 76.3 cm³/mol. The van der Waals surface area contributed by atoms with Crippen LogP contribution >= 0.6 is 0 Å². The molecular weight excluding hydrogens is 300 g/mol. The van der Waals surface area contributed by atoms with E-state index >= 15 is 0 Å². The fourth-order valence-corrected chi connectivity index (χ4v) is 4.23. The standard InChI is InChI=1S/C14H19F2NO3S/c1-10(17-9-13-3-2-8-21(13,18)19)11-4-6-12(7-5-11)20-14(15)16/h4-7,10,13-14,17H,2-3,8-9H2,1H3. The van der Waals surface area contributed by atoms with Gasteiger partial charge in [0.05, 0.1) is 11.0 Å². The Morgan fingerprint density at radius 2 is 2.00 bits per heavy atom. The molecule has 1 aromatic carbocycles. The molecule has 1 saturated heterocycles. The highest BCUT2D eigenvalue weighted by Gasteiger charge is 2.31. The number of sulfone groups is 1. The summed E-state index contributed by atoms with van der Waals surface area (Å²) >= 11 is 0. The van der Waals surface area contributed by atoms with Crippen LogP contribution < -0.4 is 10.1 Å². The molecule has 118 valence electrons. The van der Waals surface area contributed by atoms with Gasteiger partial charge in [0.15, 0.2) is 9.84 Å². The van der Waals surface area contributed by atoms with Crippen molar-refractivity contribution in [3.63, 3.8) is 0 Å². The second-order valence-corrected chi connectivity index (χ2v) is 7.61. The number of ether oxygens (including phenoxy) is 1. The molecule has 0 aliphatic carbocycles. The molecule has 1 N–H and O–H groups in total. The number of alkyl halides is 2. The van der Waals surface area contributed by atoms with Crippen LogP contribution in [0.4, 0.5) is 8.78 Å². The fourth-order valence-electron chi connectivity index (χ4n) is 2.45. The van der Waals surface area contributed by atoms with Crippen LogP contribution in [0.25, 0.3) is 0 Å². The van der Waals surface area contributed by atoms with Crippen LogP contribution in [0.15, 0.2) is 24.3 Å². The first kappa shape index (κ1) is 16.2. The van der Waals surface area contributed by atoms with Crippen LogP contribution in [0.3, 0.4) is 0 Å². The van der Waals surface area contributed by atoms with Crippen molar-refractivity contribution in [2.45, 2.75) is 37.7 Å². The summed E-state index contributed by atoms with van der Waals surface area (Å²) in [6.45, 7) is -0.512. The van der Waals surface area contributed by atoms with Crippen molar-refractivity contribution in [2.24, 2.45) is 0 Å². The molecule has 2 atom stereocenters. The van der Waals surface area contributed by atoms with E-state index in [-0.39, 0.29) is 22.8 Å². The normalized spacial score (nSPS) is 22.4. The maximum Gasteiger partial charge on any atom is 0.387 e. The van der Waals surface area contributed by atoms with Crippen LogP contribution in [0.5, 0.6) is 5.75 Å². The average Bonchev–Trinajstić information content (AvgIpc) is 2.75. The summed E-state index contributed by atoms with van der Waals surface area (Å²) in [5, 5.41) is 2.87. The molecule has 4 nitrogen and oxygen atoms in total. The third-order valence-corrected chi connectivity index (χ3v) is 6.00. The number of hydrogen-bond donors (Lipinski definition) is 1. The molecule has 1 aliphatic rings. The molecule has 1 heterocycles. The maximum atomic E-state index is 12.1. The lowest BCUT2D eigenvalue weighted by Crippen LogP contribution is -2.32. The minimum atomic E-state index is -2.95. The molecule has 0 saturated carbocycles. The molecule has 7 heteroatoms. The highest BCUT2D eigenvalue weighted by atomic mass is 32.2. The molecule has 2 rings (SSSR count). The second kappa shape index (κ2) is 6.70. The lowest BCUT2D eigenvalue weighted by atomic mass is 10.1. The molecule has 0 amide bonds. The van der Waals surface area contributed by atoms with Gasteiger partial charge in [0.2, 0.25) is 0 Å². The Morgan fingerprint density at radius 1 is 1.33 bits per heavy atom. The molecule has 0 spiro atoms. The van der Waals surface area contributed by atoms with Crippen molar-refractivity contribution >= 4 is 9.84 Å². The van der Waals surface area contributed by atoms with Gasteiger partial charge in [0.1, 0.15) is 5.75 Å². The van der Waals surface area contributed by atoms with Crippen molar-refractivity contribution < 1.29 is 21.9 Å². The molecule has 21 heavy (non-hydrogen) atoms. The van der Waals surface area contributed by atoms with Crippen molar-refractivity contribution in [3.05, 3.63) is 29.8 Å². The van der Waals surface area contributed by atoms with Crippen molar-refractivity contribution in [1.82, 2.24) is 5.32 Å². The zero-order chi connectivity index (χ0) is 15.5. The van der Waals surface area contributed by atoms with Gasteiger partial charge in [-0.15, -0.1) is 0 Å². The van der Waals surface area contributed by atoms with E-state index in [4.69, 9.17) is 0 Å². The maximum absolute atomic E-state index is 12.1. The van der Waals surface area contributed by atoms with E-state index in [9.17, 15) is 17.2 Å². The average molecular weight is 319 g/mol. The Kier molecular flexibility index (Phi) is 5.16. The molecule has 0 bridgehead atoms. The van der Waals surface area contributed by atoms with Crippen molar-refractivity contribution in [3.8, 4) is 5.75 Å². The van der Waals surface area contributed by atoms with Gasteiger partial charge in [-0.3, -0.25) is 0 Å². The van der Waals surface area contributed by atoms with Crippen LogP contribution in [-0.4, -0.2) is 32.6 Å². The Morgan fingerprint density at radius 3 is 2.52 bits per heavy atom. The first-order valence-electron chi connectivity index (χ1n) is 6.88. The quantitative estimate of drug-likeness (QED) is 0.875. The van der Waals surface area contributed by atoms with E-state index in [1.54, 1.807) is 12.1 Å². The molecule has 1 fully saturated rings. The van der Waals surface area contributed by atoms with Gasteiger partial charge < -0.3 is 10.1 Å².